The fourth-order valence-corrected chi connectivity index (χ4v) is 1.54. The third-order valence-electron chi connectivity index (χ3n) is 2.56. The Morgan fingerprint density at radius 1 is 1.26 bits per heavy atom. The molecule has 0 heterocycles. The first-order valence-corrected chi connectivity index (χ1v) is 6.19. The zero-order chi connectivity index (χ0) is 14.3. The van der Waals surface area contributed by atoms with Crippen molar-refractivity contribution in [2.75, 3.05) is 31.2 Å². The number of benzene rings is 1. The Morgan fingerprint density at radius 2 is 1.89 bits per heavy atom. The van der Waals surface area contributed by atoms with Crippen molar-refractivity contribution in [1.29, 1.82) is 0 Å². The molecule has 104 valence electrons. The van der Waals surface area contributed by atoms with Crippen LogP contribution in [0.3, 0.4) is 0 Å². The molecule has 0 aromatic heterocycles. The van der Waals surface area contributed by atoms with Gasteiger partial charge in [-0.2, -0.15) is 0 Å². The molecule has 0 bridgehead atoms. The number of urea groups is 1. The number of carbonyl (C=O) groups is 2. The van der Waals surface area contributed by atoms with E-state index in [1.165, 1.54) is 4.90 Å². The zero-order valence-electron chi connectivity index (χ0n) is 11.3. The summed E-state index contributed by atoms with van der Waals surface area (Å²) in [7, 11) is 1.55. The van der Waals surface area contributed by atoms with Gasteiger partial charge in [-0.3, -0.25) is 4.79 Å². The number of nitrogens with one attached hydrogen (secondary N) is 2. The van der Waals surface area contributed by atoms with E-state index in [1.54, 1.807) is 31.3 Å². The summed E-state index contributed by atoms with van der Waals surface area (Å²) in [4.78, 5) is 24.9. The van der Waals surface area contributed by atoms with E-state index in [2.05, 4.69) is 10.6 Å². The van der Waals surface area contributed by atoms with Crippen molar-refractivity contribution in [2.45, 2.75) is 13.3 Å². The Morgan fingerprint density at radius 3 is 2.42 bits per heavy atom. The Labute approximate surface area is 113 Å². The first kappa shape index (κ1) is 14.8. The molecule has 0 atom stereocenters. The second-order valence-electron chi connectivity index (χ2n) is 4.15. The van der Waals surface area contributed by atoms with Crippen LogP contribution in [0.1, 0.15) is 13.3 Å². The molecule has 0 aliphatic heterocycles. The molecule has 6 heteroatoms. The van der Waals surface area contributed by atoms with E-state index in [0.717, 1.165) is 6.42 Å². The van der Waals surface area contributed by atoms with Gasteiger partial charge in [-0.25, -0.2) is 4.79 Å². The number of nitrogen functional groups attached to an aromatic ring is 1. The van der Waals surface area contributed by atoms with Gasteiger partial charge in [0.15, 0.2) is 0 Å². The summed E-state index contributed by atoms with van der Waals surface area (Å²) >= 11 is 0. The van der Waals surface area contributed by atoms with Crippen LogP contribution in [0.15, 0.2) is 24.3 Å². The van der Waals surface area contributed by atoms with Crippen molar-refractivity contribution in [3.63, 3.8) is 0 Å². The topological polar surface area (TPSA) is 87.5 Å². The van der Waals surface area contributed by atoms with Crippen LogP contribution in [0.5, 0.6) is 0 Å². The lowest BCUT2D eigenvalue weighted by atomic mass is 10.3. The monoisotopic (exact) mass is 264 g/mol. The fraction of sp³-hybridized carbons (Fsp3) is 0.385. The number of likely N-dealkylation sites (N-methyl/N-ethyl adjacent to an activating group) is 1. The molecule has 4 N–H and O–H groups in total. The number of hydrogen-bond acceptors (Lipinski definition) is 3. The minimum Gasteiger partial charge on any atom is -0.399 e. The third-order valence-corrected chi connectivity index (χ3v) is 2.56. The normalized spacial score (nSPS) is 9.79. The quantitative estimate of drug-likeness (QED) is 0.700. The minimum atomic E-state index is -0.296. The summed E-state index contributed by atoms with van der Waals surface area (Å²) < 4.78 is 0. The molecule has 0 aliphatic rings. The largest absolute Gasteiger partial charge is 0.399 e. The molecule has 0 aliphatic carbocycles. The maximum Gasteiger partial charge on any atom is 0.322 e. The highest BCUT2D eigenvalue weighted by Gasteiger charge is 2.15. The Balaban J connectivity index is 2.65. The van der Waals surface area contributed by atoms with Crippen LogP contribution in [-0.2, 0) is 4.79 Å². The summed E-state index contributed by atoms with van der Waals surface area (Å²) in [6.45, 7) is 2.52. The van der Waals surface area contributed by atoms with Gasteiger partial charge in [0.2, 0.25) is 5.91 Å². The van der Waals surface area contributed by atoms with E-state index in [-0.39, 0.29) is 18.5 Å². The van der Waals surface area contributed by atoms with Crippen molar-refractivity contribution in [3.05, 3.63) is 24.3 Å². The Kier molecular flexibility index (Phi) is 5.66. The highest BCUT2D eigenvalue weighted by Crippen LogP contribution is 2.11. The van der Waals surface area contributed by atoms with Gasteiger partial charge in [0, 0.05) is 25.0 Å². The highest BCUT2D eigenvalue weighted by atomic mass is 16.2. The maximum absolute atomic E-state index is 12.0. The van der Waals surface area contributed by atoms with Crippen LogP contribution in [0.25, 0.3) is 0 Å². The van der Waals surface area contributed by atoms with E-state index < -0.39 is 0 Å². The molecule has 0 unspecified atom stereocenters. The van der Waals surface area contributed by atoms with Crippen LogP contribution in [-0.4, -0.2) is 37.0 Å². The second-order valence-corrected chi connectivity index (χ2v) is 4.15. The Bertz CT molecular complexity index is 431. The van der Waals surface area contributed by atoms with E-state index in [4.69, 9.17) is 5.73 Å². The molecule has 6 nitrogen and oxygen atoms in total. The molecule has 1 rings (SSSR count). The van der Waals surface area contributed by atoms with Crippen LogP contribution in [0, 0.1) is 0 Å². The molecule has 3 amide bonds. The zero-order valence-corrected chi connectivity index (χ0v) is 11.3. The first-order valence-electron chi connectivity index (χ1n) is 6.19. The first-order chi connectivity index (χ1) is 9.06. The second kappa shape index (κ2) is 7.25. The average molecular weight is 264 g/mol. The van der Waals surface area contributed by atoms with Gasteiger partial charge in [-0.1, -0.05) is 6.92 Å². The predicted molar refractivity (Wildman–Crippen MR) is 75.8 cm³/mol. The molecular formula is C13H20N4O2. The third kappa shape index (κ3) is 4.87. The molecule has 19 heavy (non-hydrogen) atoms. The standard InChI is InChI=1S/C13H20N4O2/c1-3-8-17(9-12(18)15-2)13(19)16-11-6-4-10(14)5-7-11/h4-7H,3,8-9,14H2,1-2H3,(H,15,18)(H,16,19). The van der Waals surface area contributed by atoms with E-state index in [1.807, 2.05) is 6.92 Å². The molecule has 1 aromatic rings. The van der Waals surface area contributed by atoms with Crippen molar-refractivity contribution in [2.24, 2.45) is 0 Å². The lowest BCUT2D eigenvalue weighted by Gasteiger charge is -2.21. The Hall–Kier alpha value is -2.24. The highest BCUT2D eigenvalue weighted by molar-refractivity contribution is 5.92. The van der Waals surface area contributed by atoms with Crippen molar-refractivity contribution in [1.82, 2.24) is 10.2 Å². The van der Waals surface area contributed by atoms with Gasteiger partial charge < -0.3 is 21.3 Å². The summed E-state index contributed by atoms with van der Waals surface area (Å²) in [5.74, 6) is -0.194. The van der Waals surface area contributed by atoms with E-state index in [0.29, 0.717) is 17.9 Å². The average Bonchev–Trinajstić information content (AvgIpc) is 2.40. The number of rotatable bonds is 5. The maximum atomic E-state index is 12.0. The smallest absolute Gasteiger partial charge is 0.322 e. The van der Waals surface area contributed by atoms with Crippen LogP contribution in [0.2, 0.25) is 0 Å². The lowest BCUT2D eigenvalue weighted by Crippen LogP contribution is -2.42. The summed E-state index contributed by atoms with van der Waals surface area (Å²) in [5, 5.41) is 5.24. The number of carbonyl (C=O) groups excluding carboxylic acids is 2. The molecule has 0 radical (unpaired) electrons. The molecule has 0 spiro atoms. The van der Waals surface area contributed by atoms with E-state index in [9.17, 15) is 9.59 Å². The van der Waals surface area contributed by atoms with E-state index >= 15 is 0 Å². The molecule has 0 saturated heterocycles. The summed E-state index contributed by atoms with van der Waals surface area (Å²) in [6, 6.07) is 6.56. The van der Waals surface area contributed by atoms with Gasteiger partial charge in [-0.15, -0.1) is 0 Å². The van der Waals surface area contributed by atoms with Crippen molar-refractivity contribution in [3.8, 4) is 0 Å². The molecule has 0 saturated carbocycles. The number of nitrogens with two attached hydrogens (primary N) is 1. The fourth-order valence-electron chi connectivity index (χ4n) is 1.54. The number of nitrogens with zero attached hydrogens (tertiary/aromatic N) is 1. The van der Waals surface area contributed by atoms with Crippen LogP contribution in [0.4, 0.5) is 16.2 Å². The van der Waals surface area contributed by atoms with Crippen LogP contribution < -0.4 is 16.4 Å². The van der Waals surface area contributed by atoms with Gasteiger partial charge in [0.05, 0.1) is 0 Å². The number of anilines is 2. The molecule has 0 fully saturated rings. The SMILES string of the molecule is CCCN(CC(=O)NC)C(=O)Nc1ccc(N)cc1. The van der Waals surface area contributed by atoms with Gasteiger partial charge in [0.1, 0.15) is 6.54 Å². The minimum absolute atomic E-state index is 0.0468. The molecular weight excluding hydrogens is 244 g/mol. The van der Waals surface area contributed by atoms with Gasteiger partial charge in [0.25, 0.3) is 0 Å². The number of amides is 3. The molecule has 1 aromatic carbocycles. The van der Waals surface area contributed by atoms with Crippen molar-refractivity contribution >= 4 is 23.3 Å². The van der Waals surface area contributed by atoms with Gasteiger partial charge in [-0.05, 0) is 30.7 Å². The lowest BCUT2D eigenvalue weighted by molar-refractivity contribution is -0.121. The number of hydrogen-bond donors (Lipinski definition) is 3. The summed E-state index contributed by atoms with van der Waals surface area (Å²) in [6.07, 6.45) is 0.784. The van der Waals surface area contributed by atoms with Gasteiger partial charge >= 0.3 is 6.03 Å². The summed E-state index contributed by atoms with van der Waals surface area (Å²) in [5.41, 5.74) is 6.86. The van der Waals surface area contributed by atoms with Crippen LogP contribution >= 0.6 is 0 Å². The predicted octanol–water partition coefficient (Wildman–Crippen LogP) is 1.26. The van der Waals surface area contributed by atoms with Crippen molar-refractivity contribution < 1.29 is 9.59 Å².